The third-order valence-electron chi connectivity index (χ3n) is 3.70. The van der Waals surface area contributed by atoms with Gasteiger partial charge in [0, 0.05) is 26.1 Å². The molecule has 3 nitrogen and oxygen atoms in total. The fourth-order valence-electron chi connectivity index (χ4n) is 2.55. The highest BCUT2D eigenvalue weighted by Gasteiger charge is 2.23. The van der Waals surface area contributed by atoms with Crippen molar-refractivity contribution in [2.24, 2.45) is 5.92 Å². The standard InChI is InChI=1S/C13H22N2O/c1-15-10-12(7-8-13(15)16)14-9-11-5-3-2-4-6-11/h2-3,11-12,14H,4-10H2,1H3. The first-order valence-corrected chi connectivity index (χ1v) is 6.38. The number of rotatable bonds is 3. The Morgan fingerprint density at radius 1 is 1.44 bits per heavy atom. The van der Waals surface area contributed by atoms with Crippen LogP contribution in [0.2, 0.25) is 0 Å². The van der Waals surface area contributed by atoms with Gasteiger partial charge in [0.05, 0.1) is 0 Å². The van der Waals surface area contributed by atoms with Crippen LogP contribution in [-0.4, -0.2) is 37.0 Å². The van der Waals surface area contributed by atoms with E-state index in [4.69, 9.17) is 0 Å². The van der Waals surface area contributed by atoms with Crippen LogP contribution in [0.15, 0.2) is 12.2 Å². The van der Waals surface area contributed by atoms with E-state index in [2.05, 4.69) is 17.5 Å². The van der Waals surface area contributed by atoms with Gasteiger partial charge in [0.25, 0.3) is 0 Å². The molecule has 2 aliphatic rings. The third kappa shape index (κ3) is 3.08. The molecule has 0 saturated carbocycles. The van der Waals surface area contributed by atoms with Crippen LogP contribution in [-0.2, 0) is 4.79 Å². The predicted molar refractivity (Wildman–Crippen MR) is 65.1 cm³/mol. The van der Waals surface area contributed by atoms with Gasteiger partial charge < -0.3 is 10.2 Å². The van der Waals surface area contributed by atoms with Gasteiger partial charge in [-0.1, -0.05) is 12.2 Å². The average molecular weight is 222 g/mol. The highest BCUT2D eigenvalue weighted by molar-refractivity contribution is 5.76. The lowest BCUT2D eigenvalue weighted by Crippen LogP contribution is -2.47. The Morgan fingerprint density at radius 2 is 2.31 bits per heavy atom. The molecule has 16 heavy (non-hydrogen) atoms. The van der Waals surface area contributed by atoms with Gasteiger partial charge in [-0.05, 0) is 38.1 Å². The van der Waals surface area contributed by atoms with E-state index in [0.717, 1.165) is 25.4 Å². The molecule has 0 aromatic heterocycles. The number of amides is 1. The molecule has 1 aliphatic carbocycles. The van der Waals surface area contributed by atoms with Crippen molar-refractivity contribution in [3.63, 3.8) is 0 Å². The zero-order valence-electron chi connectivity index (χ0n) is 10.1. The second-order valence-electron chi connectivity index (χ2n) is 5.07. The molecule has 1 heterocycles. The van der Waals surface area contributed by atoms with E-state index in [0.29, 0.717) is 18.4 Å². The summed E-state index contributed by atoms with van der Waals surface area (Å²) in [6.45, 7) is 1.98. The van der Waals surface area contributed by atoms with Crippen molar-refractivity contribution < 1.29 is 4.79 Å². The summed E-state index contributed by atoms with van der Waals surface area (Å²) in [4.78, 5) is 13.2. The lowest BCUT2D eigenvalue weighted by Gasteiger charge is -2.31. The van der Waals surface area contributed by atoms with Crippen LogP contribution in [0.5, 0.6) is 0 Å². The highest BCUT2D eigenvalue weighted by Crippen LogP contribution is 2.18. The molecule has 1 amide bonds. The number of carbonyl (C=O) groups is 1. The topological polar surface area (TPSA) is 32.3 Å². The fourth-order valence-corrected chi connectivity index (χ4v) is 2.55. The van der Waals surface area contributed by atoms with E-state index in [1.807, 2.05) is 11.9 Å². The lowest BCUT2D eigenvalue weighted by atomic mass is 9.94. The zero-order valence-corrected chi connectivity index (χ0v) is 10.1. The molecule has 1 N–H and O–H groups in total. The molecule has 3 heteroatoms. The van der Waals surface area contributed by atoms with Crippen molar-refractivity contribution >= 4 is 5.91 Å². The SMILES string of the molecule is CN1CC(NCC2CC=CCC2)CCC1=O. The third-order valence-corrected chi connectivity index (χ3v) is 3.70. The average Bonchev–Trinajstić information content (AvgIpc) is 2.32. The minimum Gasteiger partial charge on any atom is -0.344 e. The Kier molecular flexibility index (Phi) is 3.99. The predicted octanol–water partition coefficient (Wildman–Crippen LogP) is 1.55. The lowest BCUT2D eigenvalue weighted by molar-refractivity contribution is -0.132. The summed E-state index contributed by atoms with van der Waals surface area (Å²) in [6, 6.07) is 0.508. The summed E-state index contributed by atoms with van der Waals surface area (Å²) in [5.74, 6) is 1.09. The van der Waals surface area contributed by atoms with Crippen LogP contribution in [0.3, 0.4) is 0 Å². The maximum atomic E-state index is 11.3. The van der Waals surface area contributed by atoms with Crippen LogP contribution in [0.4, 0.5) is 0 Å². The molecule has 0 aromatic carbocycles. The molecule has 0 aromatic rings. The van der Waals surface area contributed by atoms with Crippen molar-refractivity contribution in [3.05, 3.63) is 12.2 Å². The van der Waals surface area contributed by atoms with Crippen molar-refractivity contribution in [3.8, 4) is 0 Å². The maximum absolute atomic E-state index is 11.3. The molecule has 0 bridgehead atoms. The van der Waals surface area contributed by atoms with Crippen molar-refractivity contribution in [1.29, 1.82) is 0 Å². The fraction of sp³-hybridized carbons (Fsp3) is 0.769. The molecule has 90 valence electrons. The second-order valence-corrected chi connectivity index (χ2v) is 5.07. The summed E-state index contributed by atoms with van der Waals surface area (Å²) in [6.07, 6.45) is 10.1. The molecule has 1 aliphatic heterocycles. The smallest absolute Gasteiger partial charge is 0.222 e. The summed E-state index contributed by atoms with van der Waals surface area (Å²) in [5.41, 5.74) is 0. The maximum Gasteiger partial charge on any atom is 0.222 e. The highest BCUT2D eigenvalue weighted by atomic mass is 16.2. The summed E-state index contributed by atoms with van der Waals surface area (Å²) < 4.78 is 0. The number of hydrogen-bond donors (Lipinski definition) is 1. The van der Waals surface area contributed by atoms with Crippen LogP contribution < -0.4 is 5.32 Å². The molecule has 1 fully saturated rings. The second kappa shape index (κ2) is 5.48. The number of piperidine rings is 1. The quantitative estimate of drug-likeness (QED) is 0.735. The molecule has 1 saturated heterocycles. The van der Waals surface area contributed by atoms with Gasteiger partial charge in [-0.3, -0.25) is 4.79 Å². The van der Waals surface area contributed by atoms with E-state index in [9.17, 15) is 4.79 Å². The number of hydrogen-bond acceptors (Lipinski definition) is 2. The Bertz CT molecular complexity index is 275. The molecule has 0 spiro atoms. The Morgan fingerprint density at radius 3 is 3.00 bits per heavy atom. The number of allylic oxidation sites excluding steroid dienone is 2. The van der Waals surface area contributed by atoms with Crippen LogP contribution in [0.1, 0.15) is 32.1 Å². The van der Waals surface area contributed by atoms with E-state index in [1.165, 1.54) is 19.3 Å². The van der Waals surface area contributed by atoms with Crippen LogP contribution >= 0.6 is 0 Å². The summed E-state index contributed by atoms with van der Waals surface area (Å²) in [7, 11) is 1.90. The van der Waals surface area contributed by atoms with E-state index < -0.39 is 0 Å². The largest absolute Gasteiger partial charge is 0.344 e. The Hall–Kier alpha value is -0.830. The molecule has 2 atom stereocenters. The van der Waals surface area contributed by atoms with Crippen LogP contribution in [0.25, 0.3) is 0 Å². The van der Waals surface area contributed by atoms with Gasteiger partial charge in [-0.15, -0.1) is 0 Å². The Balaban J connectivity index is 1.70. The minimum atomic E-state index is 0.290. The number of nitrogens with one attached hydrogen (secondary N) is 1. The van der Waals surface area contributed by atoms with Crippen molar-refractivity contribution in [2.45, 2.75) is 38.1 Å². The van der Waals surface area contributed by atoms with Crippen molar-refractivity contribution in [2.75, 3.05) is 20.1 Å². The molecule has 0 radical (unpaired) electrons. The molecular weight excluding hydrogens is 200 g/mol. The van der Waals surface area contributed by atoms with Gasteiger partial charge in [0.15, 0.2) is 0 Å². The first kappa shape index (κ1) is 11.6. The van der Waals surface area contributed by atoms with Gasteiger partial charge >= 0.3 is 0 Å². The molecule has 2 rings (SSSR count). The minimum absolute atomic E-state index is 0.290. The Labute approximate surface area is 97.9 Å². The van der Waals surface area contributed by atoms with E-state index >= 15 is 0 Å². The van der Waals surface area contributed by atoms with Gasteiger partial charge in [-0.25, -0.2) is 0 Å². The first-order chi connectivity index (χ1) is 7.75. The van der Waals surface area contributed by atoms with E-state index in [-0.39, 0.29) is 0 Å². The number of likely N-dealkylation sites (N-methyl/N-ethyl adjacent to an activating group) is 1. The normalized spacial score (nSPS) is 30.8. The molecule has 2 unspecified atom stereocenters. The van der Waals surface area contributed by atoms with E-state index in [1.54, 1.807) is 0 Å². The van der Waals surface area contributed by atoms with Crippen LogP contribution in [0, 0.1) is 5.92 Å². The van der Waals surface area contributed by atoms with Gasteiger partial charge in [-0.2, -0.15) is 0 Å². The summed E-state index contributed by atoms with van der Waals surface area (Å²) >= 11 is 0. The van der Waals surface area contributed by atoms with Gasteiger partial charge in [0.2, 0.25) is 5.91 Å². The summed E-state index contributed by atoms with van der Waals surface area (Å²) in [5, 5.41) is 3.61. The van der Waals surface area contributed by atoms with Crippen molar-refractivity contribution in [1.82, 2.24) is 10.2 Å². The number of carbonyl (C=O) groups excluding carboxylic acids is 1. The monoisotopic (exact) mass is 222 g/mol. The zero-order chi connectivity index (χ0) is 11.4. The number of nitrogens with zero attached hydrogens (tertiary/aromatic N) is 1. The first-order valence-electron chi connectivity index (χ1n) is 6.38. The molecular formula is C13H22N2O. The van der Waals surface area contributed by atoms with Gasteiger partial charge in [0.1, 0.15) is 0 Å². The number of likely N-dealkylation sites (tertiary alicyclic amines) is 1.